The molecule has 2 aromatic carbocycles. The van der Waals surface area contributed by atoms with Crippen LogP contribution in [0.2, 0.25) is 5.02 Å². The Bertz CT molecular complexity index is 1240. The number of sulfonamides is 2. The Hall–Kier alpha value is -2.30. The Balaban J connectivity index is 2.09. The van der Waals surface area contributed by atoms with Gasteiger partial charge in [-0.2, -0.15) is 0 Å². The molecule has 11 heteroatoms. The second kappa shape index (κ2) is 7.44. The summed E-state index contributed by atoms with van der Waals surface area (Å²) in [5.41, 5.74) is -0.188. The van der Waals surface area contributed by atoms with Gasteiger partial charge in [0.1, 0.15) is 10.6 Å². The number of hydrogen-bond donors (Lipinski definition) is 1. The van der Waals surface area contributed by atoms with E-state index < -0.39 is 31.4 Å². The van der Waals surface area contributed by atoms with E-state index in [1.54, 1.807) is 19.1 Å². The van der Waals surface area contributed by atoms with E-state index in [1.165, 1.54) is 39.2 Å². The van der Waals surface area contributed by atoms with Gasteiger partial charge in [0.2, 0.25) is 15.9 Å². The molecule has 1 aliphatic rings. The van der Waals surface area contributed by atoms with Crippen molar-refractivity contribution in [3.05, 3.63) is 47.0 Å². The van der Waals surface area contributed by atoms with E-state index in [0.29, 0.717) is 9.33 Å². The van der Waals surface area contributed by atoms with Gasteiger partial charge >= 0.3 is 0 Å². The van der Waals surface area contributed by atoms with Crippen LogP contribution in [0.15, 0.2) is 41.3 Å². The largest absolute Gasteiger partial charge is 0.495 e. The fraction of sp³-hybridized carbons (Fsp3) is 0.316. The van der Waals surface area contributed by atoms with E-state index in [2.05, 4.69) is 4.72 Å². The fourth-order valence-electron chi connectivity index (χ4n) is 3.13. The van der Waals surface area contributed by atoms with Crippen LogP contribution in [0.3, 0.4) is 0 Å². The van der Waals surface area contributed by atoms with Crippen LogP contribution in [-0.2, 0) is 24.8 Å². The van der Waals surface area contributed by atoms with Gasteiger partial charge in [0.25, 0.3) is 10.0 Å². The van der Waals surface area contributed by atoms with E-state index in [0.717, 1.165) is 11.6 Å². The Kier molecular flexibility index (Phi) is 5.55. The molecule has 0 atom stereocenters. The standard InChI is InChI=1S/C19H21ClN2O6S2/c1-12-5-6-13(9-15(12)20)21-30(26,27)17-10-14(7-8-16(17)28-4)22-18(23)19(2,3)11-29(22,24)25/h5-10,21H,11H2,1-4H3. The number of nitrogens with zero attached hydrogens (tertiary/aromatic N) is 1. The van der Waals surface area contributed by atoms with Crippen molar-refractivity contribution in [1.29, 1.82) is 0 Å². The molecule has 1 saturated heterocycles. The highest BCUT2D eigenvalue weighted by atomic mass is 35.5. The fourth-order valence-corrected chi connectivity index (χ4v) is 6.65. The average Bonchev–Trinajstić information content (AvgIpc) is 2.80. The van der Waals surface area contributed by atoms with E-state index in [9.17, 15) is 21.6 Å². The number of carbonyl (C=O) groups is 1. The van der Waals surface area contributed by atoms with Crippen LogP contribution in [0.1, 0.15) is 19.4 Å². The minimum atomic E-state index is -4.19. The maximum absolute atomic E-state index is 13.0. The summed E-state index contributed by atoms with van der Waals surface area (Å²) in [7, 11) is -6.84. The molecule has 1 heterocycles. The molecule has 8 nitrogen and oxygen atoms in total. The summed E-state index contributed by atoms with van der Waals surface area (Å²) in [6, 6.07) is 8.41. The van der Waals surface area contributed by atoms with Gasteiger partial charge in [-0.05, 0) is 56.7 Å². The van der Waals surface area contributed by atoms with Gasteiger partial charge in [0.15, 0.2) is 0 Å². The Morgan fingerprint density at radius 2 is 1.83 bits per heavy atom. The topological polar surface area (TPSA) is 110 Å². The molecule has 1 aliphatic heterocycles. The SMILES string of the molecule is COc1ccc(N2C(=O)C(C)(C)CS2(=O)=O)cc1S(=O)(=O)Nc1ccc(C)c(Cl)c1. The Morgan fingerprint density at radius 1 is 1.17 bits per heavy atom. The molecular weight excluding hydrogens is 452 g/mol. The quantitative estimate of drug-likeness (QED) is 0.715. The lowest BCUT2D eigenvalue weighted by Crippen LogP contribution is -2.33. The highest BCUT2D eigenvalue weighted by Crippen LogP contribution is 2.38. The summed E-state index contributed by atoms with van der Waals surface area (Å²) in [6.07, 6.45) is 0. The van der Waals surface area contributed by atoms with E-state index in [-0.39, 0.29) is 27.8 Å². The normalized spacial score (nSPS) is 17.8. The number of anilines is 2. The summed E-state index contributed by atoms with van der Waals surface area (Å²) >= 11 is 6.06. The number of hydrogen-bond acceptors (Lipinski definition) is 6. The lowest BCUT2D eigenvalue weighted by Gasteiger charge is -2.19. The number of carbonyl (C=O) groups excluding carboxylic acids is 1. The number of methoxy groups -OCH3 is 1. The molecule has 0 spiro atoms. The molecule has 0 aromatic heterocycles. The van der Waals surface area contributed by atoms with Gasteiger partial charge in [-0.3, -0.25) is 9.52 Å². The summed E-state index contributed by atoms with van der Waals surface area (Å²) in [5.74, 6) is -1.00. The van der Waals surface area contributed by atoms with Crippen molar-refractivity contribution in [3.63, 3.8) is 0 Å². The average molecular weight is 473 g/mol. The van der Waals surface area contributed by atoms with Crippen molar-refractivity contribution in [2.24, 2.45) is 5.41 Å². The first-order valence-electron chi connectivity index (χ1n) is 8.83. The van der Waals surface area contributed by atoms with E-state index >= 15 is 0 Å². The first-order chi connectivity index (χ1) is 13.8. The van der Waals surface area contributed by atoms with Gasteiger partial charge in [0.05, 0.1) is 29.7 Å². The second-order valence-corrected chi connectivity index (χ2v) is 11.5. The van der Waals surface area contributed by atoms with Crippen LogP contribution >= 0.6 is 11.6 Å². The number of aryl methyl sites for hydroxylation is 1. The van der Waals surface area contributed by atoms with Crippen molar-refractivity contribution in [1.82, 2.24) is 0 Å². The molecule has 0 bridgehead atoms. The van der Waals surface area contributed by atoms with Crippen molar-refractivity contribution in [2.45, 2.75) is 25.7 Å². The van der Waals surface area contributed by atoms with Crippen LogP contribution < -0.4 is 13.8 Å². The van der Waals surface area contributed by atoms with Crippen molar-refractivity contribution >= 4 is 48.9 Å². The third-order valence-electron chi connectivity index (χ3n) is 4.68. The zero-order chi connectivity index (χ0) is 22.5. The number of benzene rings is 2. The number of halogens is 1. The summed E-state index contributed by atoms with van der Waals surface area (Å²) in [4.78, 5) is 12.3. The van der Waals surface area contributed by atoms with Crippen LogP contribution in [0, 0.1) is 12.3 Å². The maximum atomic E-state index is 13.0. The lowest BCUT2D eigenvalue weighted by molar-refractivity contribution is -0.123. The van der Waals surface area contributed by atoms with Gasteiger partial charge in [-0.15, -0.1) is 0 Å². The molecule has 3 rings (SSSR count). The maximum Gasteiger partial charge on any atom is 0.265 e. The molecule has 30 heavy (non-hydrogen) atoms. The van der Waals surface area contributed by atoms with Crippen molar-refractivity contribution in [2.75, 3.05) is 21.9 Å². The minimum Gasteiger partial charge on any atom is -0.495 e. The molecule has 2 aromatic rings. The number of nitrogens with one attached hydrogen (secondary N) is 1. The summed E-state index contributed by atoms with van der Waals surface area (Å²) in [5, 5.41) is 0.381. The van der Waals surface area contributed by atoms with Crippen molar-refractivity contribution < 1.29 is 26.4 Å². The Labute approximate surface area is 180 Å². The van der Waals surface area contributed by atoms with Gasteiger partial charge in [-0.1, -0.05) is 17.7 Å². The van der Waals surface area contributed by atoms with Crippen LogP contribution in [-0.4, -0.2) is 35.6 Å². The molecule has 0 unspecified atom stereocenters. The molecule has 0 radical (unpaired) electrons. The minimum absolute atomic E-state index is 0.00670. The smallest absolute Gasteiger partial charge is 0.265 e. The van der Waals surface area contributed by atoms with Gasteiger partial charge < -0.3 is 4.74 Å². The van der Waals surface area contributed by atoms with Gasteiger partial charge in [0, 0.05) is 5.02 Å². The molecular formula is C19H21ClN2O6S2. The monoisotopic (exact) mass is 472 g/mol. The highest BCUT2D eigenvalue weighted by molar-refractivity contribution is 7.94. The third-order valence-corrected chi connectivity index (χ3v) is 8.51. The van der Waals surface area contributed by atoms with Gasteiger partial charge in [-0.25, -0.2) is 21.1 Å². The van der Waals surface area contributed by atoms with Crippen LogP contribution in [0.25, 0.3) is 0 Å². The molecule has 1 fully saturated rings. The van der Waals surface area contributed by atoms with E-state index in [1.807, 2.05) is 0 Å². The predicted molar refractivity (Wildman–Crippen MR) is 115 cm³/mol. The first kappa shape index (κ1) is 22.4. The summed E-state index contributed by atoms with van der Waals surface area (Å²) in [6.45, 7) is 4.83. The van der Waals surface area contributed by atoms with Crippen molar-refractivity contribution in [3.8, 4) is 5.75 Å². The highest BCUT2D eigenvalue weighted by Gasteiger charge is 2.50. The van der Waals surface area contributed by atoms with E-state index in [4.69, 9.17) is 16.3 Å². The number of amides is 1. The molecule has 162 valence electrons. The van der Waals surface area contributed by atoms with Crippen LogP contribution in [0.5, 0.6) is 5.75 Å². The zero-order valence-electron chi connectivity index (χ0n) is 16.8. The first-order valence-corrected chi connectivity index (χ1v) is 12.3. The summed E-state index contributed by atoms with van der Waals surface area (Å²) < 4.78 is 59.4. The predicted octanol–water partition coefficient (Wildman–Crippen LogP) is 3.16. The van der Waals surface area contributed by atoms with Crippen LogP contribution in [0.4, 0.5) is 11.4 Å². The molecule has 1 N–H and O–H groups in total. The second-order valence-electron chi connectivity index (χ2n) is 7.61. The molecule has 0 aliphatic carbocycles. The lowest BCUT2D eigenvalue weighted by atomic mass is 9.95. The molecule has 1 amide bonds. The Morgan fingerprint density at radius 3 is 2.37 bits per heavy atom. The number of rotatable bonds is 5. The third kappa shape index (κ3) is 3.99. The molecule has 0 saturated carbocycles. The number of ether oxygens (including phenoxy) is 1. The zero-order valence-corrected chi connectivity index (χ0v) is 19.2.